The molecular formula is C10H12N2O2S. The van der Waals surface area contributed by atoms with Crippen LogP contribution in [0.4, 0.5) is 5.69 Å². The third-order valence-electron chi connectivity index (χ3n) is 1.96. The van der Waals surface area contributed by atoms with Gasteiger partial charge in [0.1, 0.15) is 0 Å². The first kappa shape index (κ1) is 11.5. The molecular weight excluding hydrogens is 212 g/mol. The van der Waals surface area contributed by atoms with Gasteiger partial charge in [-0.05, 0) is 26.0 Å². The average Bonchev–Trinajstić information content (AvgIpc) is 2.20. The van der Waals surface area contributed by atoms with E-state index in [1.54, 1.807) is 30.3 Å². The summed E-state index contributed by atoms with van der Waals surface area (Å²) in [6.07, 6.45) is 0. The van der Waals surface area contributed by atoms with E-state index in [0.29, 0.717) is 5.69 Å². The summed E-state index contributed by atoms with van der Waals surface area (Å²) in [4.78, 5) is 0. The van der Waals surface area contributed by atoms with Gasteiger partial charge in [0.25, 0.3) is 0 Å². The number of hydrogen-bond acceptors (Lipinski definition) is 3. The summed E-state index contributed by atoms with van der Waals surface area (Å²) < 4.78 is 25.3. The molecule has 0 saturated heterocycles. The summed E-state index contributed by atoms with van der Waals surface area (Å²) in [5, 5.41) is 7.47. The van der Waals surface area contributed by atoms with Crippen LogP contribution in [-0.2, 0) is 10.0 Å². The lowest BCUT2D eigenvalue weighted by Gasteiger charge is -2.08. The van der Waals surface area contributed by atoms with E-state index in [9.17, 15) is 8.42 Å². The lowest BCUT2D eigenvalue weighted by Crippen LogP contribution is -2.23. The Balaban J connectivity index is 2.88. The van der Waals surface area contributed by atoms with Crippen molar-refractivity contribution in [3.05, 3.63) is 29.8 Å². The van der Waals surface area contributed by atoms with Crippen molar-refractivity contribution < 1.29 is 8.42 Å². The summed E-state index contributed by atoms with van der Waals surface area (Å²) >= 11 is 0. The van der Waals surface area contributed by atoms with Gasteiger partial charge < -0.3 is 0 Å². The van der Waals surface area contributed by atoms with Crippen LogP contribution in [0.15, 0.2) is 24.3 Å². The van der Waals surface area contributed by atoms with Crippen LogP contribution in [0.1, 0.15) is 12.5 Å². The number of nitrogens with zero attached hydrogens (tertiary/aromatic N) is 1. The molecule has 0 aliphatic rings. The number of nitriles is 1. The van der Waals surface area contributed by atoms with Gasteiger partial charge in [-0.25, -0.2) is 8.42 Å². The van der Waals surface area contributed by atoms with E-state index < -0.39 is 15.3 Å². The molecule has 1 N–H and O–H groups in total. The number of anilines is 1. The Morgan fingerprint density at radius 1 is 1.33 bits per heavy atom. The number of aryl methyl sites for hydroxylation is 1. The maximum atomic E-state index is 11.5. The number of sulfonamides is 1. The molecule has 4 nitrogen and oxygen atoms in total. The summed E-state index contributed by atoms with van der Waals surface area (Å²) in [6.45, 7) is 3.26. The van der Waals surface area contributed by atoms with Gasteiger partial charge in [0, 0.05) is 5.69 Å². The molecule has 0 spiro atoms. The van der Waals surface area contributed by atoms with Crippen molar-refractivity contribution >= 4 is 15.7 Å². The lowest BCUT2D eigenvalue weighted by atomic mass is 10.2. The molecule has 1 unspecified atom stereocenters. The highest BCUT2D eigenvalue weighted by Gasteiger charge is 2.19. The van der Waals surface area contributed by atoms with Gasteiger partial charge in [-0.3, -0.25) is 4.72 Å². The van der Waals surface area contributed by atoms with Gasteiger partial charge in [0.15, 0.2) is 5.25 Å². The van der Waals surface area contributed by atoms with Crippen LogP contribution < -0.4 is 4.72 Å². The maximum Gasteiger partial charge on any atom is 0.248 e. The van der Waals surface area contributed by atoms with Crippen LogP contribution in [0.5, 0.6) is 0 Å². The minimum atomic E-state index is -3.59. The molecule has 0 aliphatic carbocycles. The molecule has 0 saturated carbocycles. The van der Waals surface area contributed by atoms with Crippen LogP contribution in [0, 0.1) is 18.3 Å². The van der Waals surface area contributed by atoms with Crippen LogP contribution in [0.2, 0.25) is 0 Å². The predicted octanol–water partition coefficient (Wildman–Crippen LogP) is 1.65. The molecule has 5 heteroatoms. The first-order valence-corrected chi connectivity index (χ1v) is 5.98. The Morgan fingerprint density at radius 3 is 2.33 bits per heavy atom. The zero-order valence-electron chi connectivity index (χ0n) is 8.56. The number of hydrogen-bond donors (Lipinski definition) is 1. The second kappa shape index (κ2) is 4.32. The maximum absolute atomic E-state index is 11.5. The van der Waals surface area contributed by atoms with Crippen molar-refractivity contribution in [2.24, 2.45) is 0 Å². The largest absolute Gasteiger partial charge is 0.282 e. The molecule has 0 aliphatic heterocycles. The molecule has 1 atom stereocenters. The number of rotatable bonds is 3. The van der Waals surface area contributed by atoms with Crippen molar-refractivity contribution in [2.45, 2.75) is 19.1 Å². The zero-order chi connectivity index (χ0) is 11.5. The number of nitrogens with one attached hydrogen (secondary N) is 1. The predicted molar refractivity (Wildman–Crippen MR) is 58.8 cm³/mol. The molecule has 0 heterocycles. The monoisotopic (exact) mass is 224 g/mol. The molecule has 1 aromatic rings. The smallest absolute Gasteiger partial charge is 0.248 e. The molecule has 0 radical (unpaired) electrons. The standard InChI is InChI=1S/C10H12N2O2S/c1-8-3-5-10(6-4-8)12-15(13,14)9(2)7-11/h3-6,9,12H,1-2H3. The summed E-state index contributed by atoms with van der Waals surface area (Å²) in [5.74, 6) is 0. The van der Waals surface area contributed by atoms with Gasteiger partial charge >= 0.3 is 0 Å². The minimum absolute atomic E-state index is 0.475. The van der Waals surface area contributed by atoms with E-state index in [2.05, 4.69) is 4.72 Å². The average molecular weight is 224 g/mol. The van der Waals surface area contributed by atoms with E-state index in [1.165, 1.54) is 6.92 Å². The normalized spacial score (nSPS) is 12.9. The molecule has 15 heavy (non-hydrogen) atoms. The van der Waals surface area contributed by atoms with Gasteiger partial charge in [0.05, 0.1) is 6.07 Å². The van der Waals surface area contributed by atoms with Crippen molar-refractivity contribution in [1.82, 2.24) is 0 Å². The zero-order valence-corrected chi connectivity index (χ0v) is 9.38. The van der Waals surface area contributed by atoms with Gasteiger partial charge in [-0.1, -0.05) is 17.7 Å². The van der Waals surface area contributed by atoms with Crippen LogP contribution >= 0.6 is 0 Å². The van der Waals surface area contributed by atoms with E-state index in [1.807, 2.05) is 6.92 Å². The second-order valence-electron chi connectivity index (χ2n) is 3.28. The molecule has 0 amide bonds. The van der Waals surface area contributed by atoms with Crippen molar-refractivity contribution in [3.63, 3.8) is 0 Å². The first-order valence-electron chi connectivity index (χ1n) is 4.43. The van der Waals surface area contributed by atoms with Crippen molar-refractivity contribution in [3.8, 4) is 6.07 Å². The Bertz CT molecular complexity index is 471. The fourth-order valence-electron chi connectivity index (χ4n) is 0.944. The topological polar surface area (TPSA) is 70.0 Å². The lowest BCUT2D eigenvalue weighted by molar-refractivity contribution is 0.597. The summed E-state index contributed by atoms with van der Waals surface area (Å²) in [5.41, 5.74) is 1.52. The first-order chi connectivity index (χ1) is 6.95. The minimum Gasteiger partial charge on any atom is -0.282 e. The highest BCUT2D eigenvalue weighted by Crippen LogP contribution is 2.12. The molecule has 0 bridgehead atoms. The van der Waals surface area contributed by atoms with E-state index in [0.717, 1.165) is 5.56 Å². The Hall–Kier alpha value is -1.54. The van der Waals surface area contributed by atoms with Crippen LogP contribution in [-0.4, -0.2) is 13.7 Å². The van der Waals surface area contributed by atoms with Crippen molar-refractivity contribution in [1.29, 1.82) is 5.26 Å². The highest BCUT2D eigenvalue weighted by molar-refractivity contribution is 7.93. The Labute approximate surface area is 89.6 Å². The van der Waals surface area contributed by atoms with Gasteiger partial charge in [0.2, 0.25) is 10.0 Å². The fourth-order valence-corrected chi connectivity index (χ4v) is 1.72. The second-order valence-corrected chi connectivity index (χ2v) is 5.29. The molecule has 0 aromatic heterocycles. The highest BCUT2D eigenvalue weighted by atomic mass is 32.2. The van der Waals surface area contributed by atoms with Crippen molar-refractivity contribution in [2.75, 3.05) is 4.72 Å². The molecule has 1 rings (SSSR count). The molecule has 1 aromatic carbocycles. The van der Waals surface area contributed by atoms with E-state index >= 15 is 0 Å². The van der Waals surface area contributed by atoms with Crippen LogP contribution in [0.3, 0.4) is 0 Å². The summed E-state index contributed by atoms with van der Waals surface area (Å²) in [7, 11) is -3.59. The fraction of sp³-hybridized carbons (Fsp3) is 0.300. The van der Waals surface area contributed by atoms with Crippen LogP contribution in [0.25, 0.3) is 0 Å². The van der Waals surface area contributed by atoms with E-state index in [4.69, 9.17) is 5.26 Å². The number of benzene rings is 1. The van der Waals surface area contributed by atoms with Gasteiger partial charge in [-0.2, -0.15) is 5.26 Å². The quantitative estimate of drug-likeness (QED) is 0.848. The van der Waals surface area contributed by atoms with E-state index in [-0.39, 0.29) is 0 Å². The SMILES string of the molecule is Cc1ccc(NS(=O)(=O)C(C)C#N)cc1. The third-order valence-corrected chi connectivity index (χ3v) is 3.52. The Kier molecular flexibility index (Phi) is 3.32. The summed E-state index contributed by atoms with van der Waals surface area (Å²) in [6, 6.07) is 8.61. The van der Waals surface area contributed by atoms with Gasteiger partial charge in [-0.15, -0.1) is 0 Å². The third kappa shape index (κ3) is 2.96. The Morgan fingerprint density at radius 2 is 1.87 bits per heavy atom. The molecule has 80 valence electrons. The molecule has 0 fully saturated rings.